The SMILES string of the molecule is COc1ccc(C2CC3C(=O)N(CC(=O)Nc4ccc(C(C)=O)cc4)C=CN3N2)cc1OC. The molecule has 2 amide bonds. The highest BCUT2D eigenvalue weighted by atomic mass is 16.5. The van der Waals surface area contributed by atoms with Gasteiger partial charge in [0.15, 0.2) is 17.3 Å². The van der Waals surface area contributed by atoms with Gasteiger partial charge in [0.05, 0.1) is 20.3 Å². The van der Waals surface area contributed by atoms with Gasteiger partial charge in [-0.3, -0.25) is 14.4 Å². The summed E-state index contributed by atoms with van der Waals surface area (Å²) in [7, 11) is 3.17. The third-order valence-corrected chi connectivity index (χ3v) is 5.77. The average Bonchev–Trinajstić information content (AvgIpc) is 3.26. The second-order valence-electron chi connectivity index (χ2n) is 7.90. The number of carbonyl (C=O) groups is 3. The number of benzene rings is 2. The van der Waals surface area contributed by atoms with E-state index < -0.39 is 6.04 Å². The normalized spacial score (nSPS) is 19.3. The van der Waals surface area contributed by atoms with Gasteiger partial charge in [-0.15, -0.1) is 0 Å². The number of nitrogens with one attached hydrogen (secondary N) is 2. The van der Waals surface area contributed by atoms with Gasteiger partial charge in [-0.1, -0.05) is 6.07 Å². The third-order valence-electron chi connectivity index (χ3n) is 5.77. The molecular weight excluding hydrogens is 424 g/mol. The second-order valence-corrected chi connectivity index (χ2v) is 7.90. The van der Waals surface area contributed by atoms with Crippen LogP contribution in [-0.4, -0.2) is 54.3 Å². The number of nitrogens with zero attached hydrogens (tertiary/aromatic N) is 2. The van der Waals surface area contributed by atoms with E-state index >= 15 is 0 Å². The fourth-order valence-corrected chi connectivity index (χ4v) is 4.00. The van der Waals surface area contributed by atoms with E-state index in [9.17, 15) is 14.4 Å². The van der Waals surface area contributed by atoms with Crippen LogP contribution in [0.25, 0.3) is 0 Å². The number of hydrogen-bond acceptors (Lipinski definition) is 7. The van der Waals surface area contributed by atoms with E-state index in [1.165, 1.54) is 11.8 Å². The lowest BCUT2D eigenvalue weighted by molar-refractivity contribution is -0.137. The zero-order valence-corrected chi connectivity index (χ0v) is 18.7. The van der Waals surface area contributed by atoms with Gasteiger partial charge in [-0.05, 0) is 55.3 Å². The van der Waals surface area contributed by atoms with Crippen molar-refractivity contribution in [3.8, 4) is 11.5 Å². The summed E-state index contributed by atoms with van der Waals surface area (Å²) >= 11 is 0. The molecule has 2 heterocycles. The molecule has 1 saturated heterocycles. The molecule has 0 radical (unpaired) electrons. The lowest BCUT2D eigenvalue weighted by Gasteiger charge is -2.31. The minimum Gasteiger partial charge on any atom is -0.493 e. The Kier molecular flexibility index (Phi) is 6.32. The van der Waals surface area contributed by atoms with Crippen LogP contribution in [0.5, 0.6) is 11.5 Å². The van der Waals surface area contributed by atoms with Crippen LogP contribution in [0.1, 0.15) is 35.3 Å². The molecule has 2 N–H and O–H groups in total. The quantitative estimate of drug-likeness (QED) is 0.625. The topological polar surface area (TPSA) is 100 Å². The van der Waals surface area contributed by atoms with Crippen molar-refractivity contribution in [2.45, 2.75) is 25.4 Å². The lowest BCUT2D eigenvalue weighted by atomic mass is 10.0. The summed E-state index contributed by atoms with van der Waals surface area (Å²) in [5, 5.41) is 4.54. The van der Waals surface area contributed by atoms with Crippen molar-refractivity contribution in [3.05, 3.63) is 66.0 Å². The smallest absolute Gasteiger partial charge is 0.251 e. The Morgan fingerprint density at radius 2 is 1.79 bits per heavy atom. The predicted molar refractivity (Wildman–Crippen MR) is 122 cm³/mol. The van der Waals surface area contributed by atoms with Crippen molar-refractivity contribution in [3.63, 3.8) is 0 Å². The van der Waals surface area contributed by atoms with E-state index in [2.05, 4.69) is 10.7 Å². The highest BCUT2D eigenvalue weighted by Crippen LogP contribution is 2.35. The van der Waals surface area contributed by atoms with E-state index in [0.29, 0.717) is 29.2 Å². The zero-order valence-electron chi connectivity index (χ0n) is 18.7. The van der Waals surface area contributed by atoms with Crippen LogP contribution >= 0.6 is 0 Å². The first kappa shape index (κ1) is 22.3. The summed E-state index contributed by atoms with van der Waals surface area (Å²) in [6, 6.07) is 11.8. The second kappa shape index (κ2) is 9.33. The van der Waals surface area contributed by atoms with E-state index in [1.54, 1.807) is 55.9 Å². The Balaban J connectivity index is 1.39. The number of ether oxygens (including phenoxy) is 2. The van der Waals surface area contributed by atoms with Crippen molar-refractivity contribution >= 4 is 23.3 Å². The van der Waals surface area contributed by atoms with Gasteiger partial charge < -0.3 is 24.7 Å². The number of ketones is 1. The van der Waals surface area contributed by atoms with E-state index in [1.807, 2.05) is 18.2 Å². The monoisotopic (exact) mass is 450 g/mol. The summed E-state index contributed by atoms with van der Waals surface area (Å²) in [5.41, 5.74) is 5.44. The Morgan fingerprint density at radius 1 is 1.06 bits per heavy atom. The summed E-state index contributed by atoms with van der Waals surface area (Å²) in [5.74, 6) is 0.742. The molecule has 0 aliphatic carbocycles. The van der Waals surface area contributed by atoms with Crippen molar-refractivity contribution < 1.29 is 23.9 Å². The lowest BCUT2D eigenvalue weighted by Crippen LogP contribution is -2.49. The first-order chi connectivity index (χ1) is 15.9. The van der Waals surface area contributed by atoms with Crippen molar-refractivity contribution in [2.24, 2.45) is 0 Å². The first-order valence-corrected chi connectivity index (χ1v) is 10.6. The first-order valence-electron chi connectivity index (χ1n) is 10.6. The number of amides is 2. The molecular formula is C24H26N4O5. The zero-order chi connectivity index (χ0) is 23.5. The molecule has 2 atom stereocenters. The maximum atomic E-state index is 13.0. The highest BCUT2D eigenvalue weighted by Gasteiger charge is 2.40. The van der Waals surface area contributed by atoms with Gasteiger partial charge >= 0.3 is 0 Å². The number of fused-ring (bicyclic) bond motifs is 1. The molecule has 0 bridgehead atoms. The van der Waals surface area contributed by atoms with Crippen LogP contribution in [0, 0.1) is 0 Å². The molecule has 2 aliphatic heterocycles. The molecule has 172 valence electrons. The van der Waals surface area contributed by atoms with Gasteiger partial charge in [-0.25, -0.2) is 5.43 Å². The fourth-order valence-electron chi connectivity index (χ4n) is 4.00. The van der Waals surface area contributed by atoms with Gasteiger partial charge in [-0.2, -0.15) is 0 Å². The van der Waals surface area contributed by atoms with Crippen molar-refractivity contribution in [1.82, 2.24) is 15.3 Å². The Hall–Kier alpha value is -3.85. The van der Waals surface area contributed by atoms with Gasteiger partial charge in [0.1, 0.15) is 12.6 Å². The van der Waals surface area contributed by atoms with Crippen LogP contribution < -0.4 is 20.2 Å². The highest BCUT2D eigenvalue weighted by molar-refractivity contribution is 5.97. The van der Waals surface area contributed by atoms with Crippen molar-refractivity contribution in [1.29, 1.82) is 0 Å². The maximum Gasteiger partial charge on any atom is 0.251 e. The number of rotatable bonds is 7. The van der Waals surface area contributed by atoms with Crippen LogP contribution in [0.3, 0.4) is 0 Å². The average molecular weight is 450 g/mol. The summed E-state index contributed by atoms with van der Waals surface area (Å²) in [6.45, 7) is 1.38. The minimum absolute atomic E-state index is 0.0435. The summed E-state index contributed by atoms with van der Waals surface area (Å²) < 4.78 is 10.7. The molecule has 2 unspecified atom stereocenters. The van der Waals surface area contributed by atoms with Crippen LogP contribution in [0.15, 0.2) is 54.9 Å². The van der Waals surface area contributed by atoms with E-state index in [0.717, 1.165) is 5.56 Å². The number of methoxy groups -OCH3 is 2. The predicted octanol–water partition coefficient (Wildman–Crippen LogP) is 2.48. The number of hydrazine groups is 1. The number of Topliss-reactive ketones (excluding diaryl/α,β-unsaturated/α-hetero) is 1. The van der Waals surface area contributed by atoms with Gasteiger partial charge in [0.2, 0.25) is 5.91 Å². The van der Waals surface area contributed by atoms with Crippen LogP contribution in [0.2, 0.25) is 0 Å². The maximum absolute atomic E-state index is 13.0. The molecule has 1 fully saturated rings. The molecule has 4 rings (SSSR count). The standard InChI is InChI=1S/C24H26N4O5/c1-15(29)16-4-7-18(8-5-16)25-23(30)14-27-10-11-28-20(24(27)31)13-19(26-28)17-6-9-21(32-2)22(12-17)33-3/h4-12,19-20,26H,13-14H2,1-3H3,(H,25,30). The molecule has 2 aliphatic rings. The molecule has 33 heavy (non-hydrogen) atoms. The number of anilines is 1. The Morgan fingerprint density at radius 3 is 2.45 bits per heavy atom. The Bertz CT molecular complexity index is 1100. The van der Waals surface area contributed by atoms with Gasteiger partial charge in [0, 0.05) is 23.7 Å². The molecule has 0 aromatic heterocycles. The number of hydrogen-bond donors (Lipinski definition) is 2. The van der Waals surface area contributed by atoms with E-state index in [-0.39, 0.29) is 30.2 Å². The van der Waals surface area contributed by atoms with Crippen molar-refractivity contribution in [2.75, 3.05) is 26.1 Å². The largest absolute Gasteiger partial charge is 0.493 e. The van der Waals surface area contributed by atoms with Crippen LogP contribution in [0.4, 0.5) is 5.69 Å². The molecule has 9 nitrogen and oxygen atoms in total. The molecule has 0 saturated carbocycles. The minimum atomic E-state index is -0.421. The molecule has 2 aromatic carbocycles. The molecule has 9 heteroatoms. The number of carbonyl (C=O) groups excluding carboxylic acids is 3. The van der Waals surface area contributed by atoms with E-state index in [4.69, 9.17) is 9.47 Å². The van der Waals surface area contributed by atoms with Gasteiger partial charge in [0.25, 0.3) is 5.91 Å². The summed E-state index contributed by atoms with van der Waals surface area (Å²) in [4.78, 5) is 38.3. The Labute approximate surface area is 191 Å². The van der Waals surface area contributed by atoms with Crippen LogP contribution in [-0.2, 0) is 9.59 Å². The fraction of sp³-hybridized carbons (Fsp3) is 0.292. The third kappa shape index (κ3) is 4.68. The molecule has 2 aromatic rings. The molecule has 0 spiro atoms. The summed E-state index contributed by atoms with van der Waals surface area (Å²) in [6.07, 6.45) is 3.91.